The third kappa shape index (κ3) is 3.34. The first-order valence-electron chi connectivity index (χ1n) is 5.77. The van der Waals surface area contributed by atoms with E-state index in [-0.39, 0.29) is 5.41 Å². The summed E-state index contributed by atoms with van der Waals surface area (Å²) in [6, 6.07) is 0. The summed E-state index contributed by atoms with van der Waals surface area (Å²) in [5.74, 6) is 1.16. The van der Waals surface area contributed by atoms with Gasteiger partial charge >= 0.3 is 0 Å². The van der Waals surface area contributed by atoms with E-state index < -0.39 is 0 Å². The topological polar surface area (TPSA) is 43.8 Å². The fourth-order valence-corrected chi connectivity index (χ4v) is 1.98. The molecule has 0 spiro atoms. The lowest BCUT2D eigenvalue weighted by Gasteiger charge is -2.27. The van der Waals surface area contributed by atoms with Crippen LogP contribution in [0.3, 0.4) is 0 Å². The summed E-state index contributed by atoms with van der Waals surface area (Å²) in [4.78, 5) is 4.34. The molecule has 1 aromatic heterocycles. The van der Waals surface area contributed by atoms with Crippen molar-refractivity contribution in [3.63, 3.8) is 0 Å². The molecule has 0 aliphatic rings. The summed E-state index contributed by atoms with van der Waals surface area (Å²) in [5.41, 5.74) is 6.12. The number of aromatic nitrogens is 2. The zero-order valence-electron chi connectivity index (χ0n) is 10.2. The fourth-order valence-electron chi connectivity index (χ4n) is 1.98. The minimum atomic E-state index is 0.278. The summed E-state index contributed by atoms with van der Waals surface area (Å²) in [6.07, 6.45) is 8.41. The van der Waals surface area contributed by atoms with Crippen molar-refractivity contribution in [2.45, 2.75) is 39.5 Å². The van der Waals surface area contributed by atoms with E-state index in [0.717, 1.165) is 25.2 Å². The minimum absolute atomic E-state index is 0.278. The van der Waals surface area contributed by atoms with Crippen molar-refractivity contribution in [1.29, 1.82) is 0 Å². The predicted octanol–water partition coefficient (Wildman–Crippen LogP) is 2.12. The zero-order valence-corrected chi connectivity index (χ0v) is 10.2. The number of hydrogen-bond donors (Lipinski definition) is 1. The number of aryl methyl sites for hydroxylation is 2. The van der Waals surface area contributed by atoms with Crippen LogP contribution in [0.15, 0.2) is 12.4 Å². The molecule has 1 unspecified atom stereocenters. The molecule has 0 saturated carbocycles. The number of rotatable bonds is 6. The van der Waals surface area contributed by atoms with Crippen molar-refractivity contribution < 1.29 is 0 Å². The van der Waals surface area contributed by atoms with Crippen LogP contribution in [0.2, 0.25) is 0 Å². The molecule has 0 fully saturated rings. The lowest BCUT2D eigenvalue weighted by atomic mass is 9.81. The summed E-state index contributed by atoms with van der Waals surface area (Å²) in [6.45, 7) is 5.26. The molecular weight excluding hydrogens is 186 g/mol. The molecule has 2 N–H and O–H groups in total. The maximum absolute atomic E-state index is 5.84. The Hall–Kier alpha value is -0.830. The van der Waals surface area contributed by atoms with Gasteiger partial charge in [0.25, 0.3) is 0 Å². The standard InChI is InChI=1S/C12H23N3/c1-4-6-12(2,10-13)7-5-11-14-8-9-15(11)3/h8-9H,4-7,10,13H2,1-3H3. The van der Waals surface area contributed by atoms with E-state index in [4.69, 9.17) is 5.73 Å². The molecule has 0 bridgehead atoms. The van der Waals surface area contributed by atoms with Crippen LogP contribution >= 0.6 is 0 Å². The van der Waals surface area contributed by atoms with Crippen molar-refractivity contribution in [1.82, 2.24) is 9.55 Å². The van der Waals surface area contributed by atoms with Crippen molar-refractivity contribution in [2.24, 2.45) is 18.2 Å². The van der Waals surface area contributed by atoms with Gasteiger partial charge in [-0.2, -0.15) is 0 Å². The van der Waals surface area contributed by atoms with Crippen LogP contribution in [-0.2, 0) is 13.5 Å². The van der Waals surface area contributed by atoms with Gasteiger partial charge in [0.2, 0.25) is 0 Å². The van der Waals surface area contributed by atoms with Crippen LogP contribution in [0.25, 0.3) is 0 Å². The second-order valence-electron chi connectivity index (χ2n) is 4.72. The second-order valence-corrected chi connectivity index (χ2v) is 4.72. The smallest absolute Gasteiger partial charge is 0.108 e. The first kappa shape index (κ1) is 12.2. The first-order chi connectivity index (χ1) is 7.11. The predicted molar refractivity (Wildman–Crippen MR) is 63.6 cm³/mol. The van der Waals surface area contributed by atoms with Crippen LogP contribution in [0.4, 0.5) is 0 Å². The van der Waals surface area contributed by atoms with E-state index in [9.17, 15) is 0 Å². The van der Waals surface area contributed by atoms with Gasteiger partial charge in [-0.1, -0.05) is 20.3 Å². The fraction of sp³-hybridized carbons (Fsp3) is 0.750. The largest absolute Gasteiger partial charge is 0.338 e. The van der Waals surface area contributed by atoms with Gasteiger partial charge in [-0.25, -0.2) is 4.98 Å². The molecule has 0 saturated heterocycles. The van der Waals surface area contributed by atoms with Gasteiger partial charge in [0.05, 0.1) is 0 Å². The van der Waals surface area contributed by atoms with E-state index in [0.29, 0.717) is 0 Å². The minimum Gasteiger partial charge on any atom is -0.338 e. The van der Waals surface area contributed by atoms with E-state index in [1.807, 2.05) is 19.4 Å². The van der Waals surface area contributed by atoms with Gasteiger partial charge in [0.1, 0.15) is 5.82 Å². The van der Waals surface area contributed by atoms with Crippen molar-refractivity contribution in [2.75, 3.05) is 6.54 Å². The highest BCUT2D eigenvalue weighted by Gasteiger charge is 2.21. The maximum atomic E-state index is 5.84. The van der Waals surface area contributed by atoms with Crippen LogP contribution in [0, 0.1) is 5.41 Å². The molecule has 1 rings (SSSR count). The Morgan fingerprint density at radius 2 is 2.20 bits per heavy atom. The van der Waals surface area contributed by atoms with Gasteiger partial charge < -0.3 is 10.3 Å². The van der Waals surface area contributed by atoms with Crippen molar-refractivity contribution >= 4 is 0 Å². The lowest BCUT2D eigenvalue weighted by molar-refractivity contribution is 0.277. The normalized spacial score (nSPS) is 15.2. The molecule has 3 heteroatoms. The zero-order chi connectivity index (χ0) is 11.3. The summed E-state index contributed by atoms with van der Waals surface area (Å²) < 4.78 is 2.09. The quantitative estimate of drug-likeness (QED) is 0.780. The molecule has 0 aliphatic carbocycles. The van der Waals surface area contributed by atoms with Crippen LogP contribution < -0.4 is 5.73 Å². The Labute approximate surface area is 92.7 Å². The number of nitrogens with two attached hydrogens (primary N) is 1. The Morgan fingerprint density at radius 1 is 1.47 bits per heavy atom. The van der Waals surface area contributed by atoms with Gasteiger partial charge in [0, 0.05) is 25.9 Å². The Morgan fingerprint density at radius 3 is 2.67 bits per heavy atom. The van der Waals surface area contributed by atoms with E-state index in [1.165, 1.54) is 12.8 Å². The molecule has 1 heterocycles. The summed E-state index contributed by atoms with van der Waals surface area (Å²) in [7, 11) is 2.04. The number of imidazole rings is 1. The molecular formula is C12H23N3. The molecule has 0 aliphatic heterocycles. The molecule has 3 nitrogen and oxygen atoms in total. The average Bonchev–Trinajstić information content (AvgIpc) is 2.62. The molecule has 0 amide bonds. The van der Waals surface area contributed by atoms with Crippen LogP contribution in [-0.4, -0.2) is 16.1 Å². The van der Waals surface area contributed by atoms with Crippen molar-refractivity contribution in [3.8, 4) is 0 Å². The maximum Gasteiger partial charge on any atom is 0.108 e. The molecule has 0 radical (unpaired) electrons. The SMILES string of the molecule is CCCC(C)(CN)CCc1nccn1C. The number of nitrogens with zero attached hydrogens (tertiary/aromatic N) is 2. The second kappa shape index (κ2) is 5.31. The molecule has 86 valence electrons. The highest BCUT2D eigenvalue weighted by Crippen LogP contribution is 2.27. The third-order valence-corrected chi connectivity index (χ3v) is 3.22. The van der Waals surface area contributed by atoms with Crippen molar-refractivity contribution in [3.05, 3.63) is 18.2 Å². The molecule has 15 heavy (non-hydrogen) atoms. The average molecular weight is 209 g/mol. The lowest BCUT2D eigenvalue weighted by Crippen LogP contribution is -2.28. The highest BCUT2D eigenvalue weighted by molar-refractivity contribution is 4.93. The van der Waals surface area contributed by atoms with E-state index >= 15 is 0 Å². The van der Waals surface area contributed by atoms with Gasteiger partial charge in [-0.05, 0) is 24.8 Å². The summed E-state index contributed by atoms with van der Waals surface area (Å²) >= 11 is 0. The Kier molecular flexibility index (Phi) is 4.33. The van der Waals surface area contributed by atoms with E-state index in [1.54, 1.807) is 0 Å². The first-order valence-corrected chi connectivity index (χ1v) is 5.77. The molecule has 1 atom stereocenters. The van der Waals surface area contributed by atoms with E-state index in [2.05, 4.69) is 23.4 Å². The summed E-state index contributed by atoms with van der Waals surface area (Å²) in [5, 5.41) is 0. The Bertz CT molecular complexity index is 293. The van der Waals surface area contributed by atoms with Crippen LogP contribution in [0.1, 0.15) is 38.9 Å². The van der Waals surface area contributed by atoms with Gasteiger partial charge in [-0.15, -0.1) is 0 Å². The van der Waals surface area contributed by atoms with Crippen LogP contribution in [0.5, 0.6) is 0 Å². The monoisotopic (exact) mass is 209 g/mol. The third-order valence-electron chi connectivity index (χ3n) is 3.22. The Balaban J connectivity index is 2.51. The highest BCUT2D eigenvalue weighted by atomic mass is 15.0. The van der Waals surface area contributed by atoms with Gasteiger partial charge in [-0.3, -0.25) is 0 Å². The molecule has 1 aromatic rings. The number of hydrogen-bond acceptors (Lipinski definition) is 2. The molecule has 0 aromatic carbocycles. The van der Waals surface area contributed by atoms with Gasteiger partial charge in [0.15, 0.2) is 0 Å².